The van der Waals surface area contributed by atoms with E-state index >= 15 is 0 Å². The van der Waals surface area contributed by atoms with E-state index in [4.69, 9.17) is 7.85 Å². The molecule has 0 N–H and O–H groups in total. The number of fused-ring (bicyclic) bond motifs is 2. The maximum atomic E-state index is 6.37. The third-order valence-corrected chi connectivity index (χ3v) is 3.72. The lowest BCUT2D eigenvalue weighted by Crippen LogP contribution is -2.16. The molecule has 0 saturated heterocycles. The largest absolute Gasteiger partial charge is 0.115 e. The highest BCUT2D eigenvalue weighted by Gasteiger charge is 2.21. The second kappa shape index (κ2) is 4.13. The van der Waals surface area contributed by atoms with Crippen molar-refractivity contribution in [3.63, 3.8) is 0 Å². The predicted octanol–water partition coefficient (Wildman–Crippen LogP) is 4.08. The number of hydrogen-bond donors (Lipinski definition) is 0. The predicted molar refractivity (Wildman–Crippen MR) is 85.5 cm³/mol. The first-order valence-electron chi connectivity index (χ1n) is 6.69. The Morgan fingerprint density at radius 1 is 0.684 bits per heavy atom. The minimum atomic E-state index is 0.0902. The van der Waals surface area contributed by atoms with Crippen LogP contribution >= 0.6 is 0 Å². The van der Waals surface area contributed by atoms with Crippen molar-refractivity contribution in [1.82, 2.24) is 0 Å². The van der Waals surface area contributed by atoms with Gasteiger partial charge in [0.2, 0.25) is 0 Å². The van der Waals surface area contributed by atoms with Crippen LogP contribution in [0.2, 0.25) is 0 Å². The van der Waals surface area contributed by atoms with Gasteiger partial charge in [-0.3, -0.25) is 0 Å². The van der Waals surface area contributed by atoms with Crippen LogP contribution in [0.5, 0.6) is 0 Å². The SMILES string of the molecule is [B]c1c2ccccc2c(C(C)(C)C)c2ccccc12. The summed E-state index contributed by atoms with van der Waals surface area (Å²) in [4.78, 5) is 0. The molecule has 0 aromatic heterocycles. The van der Waals surface area contributed by atoms with Crippen LogP contribution in [0.15, 0.2) is 48.5 Å². The fourth-order valence-corrected chi connectivity index (χ4v) is 2.97. The van der Waals surface area contributed by atoms with Crippen LogP contribution < -0.4 is 5.46 Å². The fraction of sp³-hybridized carbons (Fsp3) is 0.222. The van der Waals surface area contributed by atoms with E-state index in [0.717, 1.165) is 16.2 Å². The van der Waals surface area contributed by atoms with E-state index in [1.807, 2.05) is 0 Å². The highest BCUT2D eigenvalue weighted by Crippen LogP contribution is 2.35. The monoisotopic (exact) mass is 244 g/mol. The summed E-state index contributed by atoms with van der Waals surface area (Å²) in [6.07, 6.45) is 0. The molecule has 0 bridgehead atoms. The van der Waals surface area contributed by atoms with Gasteiger partial charge in [0.05, 0.1) is 0 Å². The van der Waals surface area contributed by atoms with Gasteiger partial charge in [0.15, 0.2) is 0 Å². The van der Waals surface area contributed by atoms with Crippen LogP contribution in [0.3, 0.4) is 0 Å². The number of benzene rings is 3. The quantitative estimate of drug-likeness (QED) is 0.413. The van der Waals surface area contributed by atoms with Crippen LogP contribution in [0, 0.1) is 0 Å². The molecule has 0 amide bonds. The van der Waals surface area contributed by atoms with E-state index in [-0.39, 0.29) is 5.41 Å². The molecule has 0 spiro atoms. The van der Waals surface area contributed by atoms with Crippen molar-refractivity contribution in [2.75, 3.05) is 0 Å². The van der Waals surface area contributed by atoms with Crippen LogP contribution in [0.4, 0.5) is 0 Å². The molecule has 2 radical (unpaired) electrons. The first-order chi connectivity index (χ1) is 9.00. The van der Waals surface area contributed by atoms with E-state index in [0.29, 0.717) is 0 Å². The minimum absolute atomic E-state index is 0.0902. The van der Waals surface area contributed by atoms with E-state index < -0.39 is 0 Å². The lowest BCUT2D eigenvalue weighted by Gasteiger charge is -2.25. The van der Waals surface area contributed by atoms with E-state index in [2.05, 4.69) is 69.3 Å². The molecule has 0 aliphatic heterocycles. The Kier molecular flexibility index (Phi) is 2.67. The smallest absolute Gasteiger partial charge is 0.0813 e. The van der Waals surface area contributed by atoms with Gasteiger partial charge in [0.1, 0.15) is 7.85 Å². The Hall–Kier alpha value is -1.76. The van der Waals surface area contributed by atoms with E-state index in [1.54, 1.807) is 0 Å². The first kappa shape index (κ1) is 12.3. The van der Waals surface area contributed by atoms with E-state index in [9.17, 15) is 0 Å². The van der Waals surface area contributed by atoms with Crippen LogP contribution in [0.25, 0.3) is 21.5 Å². The zero-order valence-corrected chi connectivity index (χ0v) is 11.7. The molecule has 1 heteroatoms. The van der Waals surface area contributed by atoms with Crippen LogP contribution in [-0.4, -0.2) is 7.85 Å². The maximum absolute atomic E-state index is 6.37. The van der Waals surface area contributed by atoms with Crippen LogP contribution in [-0.2, 0) is 5.41 Å². The Labute approximate surface area is 115 Å². The zero-order chi connectivity index (χ0) is 13.6. The van der Waals surface area contributed by atoms with Gasteiger partial charge in [0, 0.05) is 0 Å². The summed E-state index contributed by atoms with van der Waals surface area (Å²) >= 11 is 0. The molecule has 0 heterocycles. The molecule has 19 heavy (non-hydrogen) atoms. The summed E-state index contributed by atoms with van der Waals surface area (Å²) in [5.74, 6) is 0. The molecule has 3 rings (SSSR count). The van der Waals surface area contributed by atoms with Crippen molar-refractivity contribution in [3.05, 3.63) is 54.1 Å². The van der Waals surface area contributed by atoms with Crippen molar-refractivity contribution in [3.8, 4) is 0 Å². The van der Waals surface area contributed by atoms with Gasteiger partial charge in [-0.1, -0.05) is 74.8 Å². The molecule has 3 aromatic rings. The first-order valence-corrected chi connectivity index (χ1v) is 6.69. The van der Waals surface area contributed by atoms with Gasteiger partial charge < -0.3 is 0 Å². The topological polar surface area (TPSA) is 0 Å². The highest BCUT2D eigenvalue weighted by molar-refractivity contribution is 6.45. The molecule has 0 fully saturated rings. The minimum Gasteiger partial charge on any atom is -0.0813 e. The molecular formula is C18H17B. The molecule has 0 saturated carbocycles. The molecule has 0 unspecified atom stereocenters. The standard InChI is InChI=1S/C18H17B/c1-18(2,3)16-12-8-4-6-10-14(12)17(19)15-11-7-5-9-13(15)16/h4-11H,1-3H3. The molecule has 0 aliphatic rings. The second-order valence-corrected chi connectivity index (χ2v) is 6.13. The average Bonchev–Trinajstić information content (AvgIpc) is 2.38. The van der Waals surface area contributed by atoms with Gasteiger partial charge in [-0.2, -0.15) is 0 Å². The van der Waals surface area contributed by atoms with Gasteiger partial charge in [-0.05, 0) is 32.5 Å². The summed E-state index contributed by atoms with van der Waals surface area (Å²) in [6.45, 7) is 6.78. The molecule has 3 aromatic carbocycles. The van der Waals surface area contributed by atoms with Crippen LogP contribution in [0.1, 0.15) is 26.3 Å². The Morgan fingerprint density at radius 3 is 1.42 bits per heavy atom. The molecule has 92 valence electrons. The summed E-state index contributed by atoms with van der Waals surface area (Å²) < 4.78 is 0. The van der Waals surface area contributed by atoms with Gasteiger partial charge in [0.25, 0.3) is 0 Å². The highest BCUT2D eigenvalue weighted by atomic mass is 14.2. The normalized spacial score (nSPS) is 12.2. The Morgan fingerprint density at radius 2 is 1.05 bits per heavy atom. The Bertz CT molecular complexity index is 707. The third kappa shape index (κ3) is 1.85. The third-order valence-electron chi connectivity index (χ3n) is 3.72. The van der Waals surface area contributed by atoms with Crippen molar-refractivity contribution in [1.29, 1.82) is 0 Å². The molecule has 0 aliphatic carbocycles. The maximum Gasteiger partial charge on any atom is 0.115 e. The fourth-order valence-electron chi connectivity index (χ4n) is 2.97. The van der Waals surface area contributed by atoms with Crippen molar-refractivity contribution < 1.29 is 0 Å². The Balaban J connectivity index is 2.65. The molecular weight excluding hydrogens is 227 g/mol. The molecule has 0 nitrogen and oxygen atoms in total. The van der Waals surface area contributed by atoms with Gasteiger partial charge in [-0.25, -0.2) is 0 Å². The summed E-state index contributed by atoms with van der Waals surface area (Å²) in [6, 6.07) is 16.9. The average molecular weight is 244 g/mol. The number of rotatable bonds is 0. The molecule has 0 atom stereocenters. The second-order valence-electron chi connectivity index (χ2n) is 6.13. The van der Waals surface area contributed by atoms with Crippen molar-refractivity contribution >= 4 is 34.9 Å². The lowest BCUT2D eigenvalue weighted by molar-refractivity contribution is 0.601. The van der Waals surface area contributed by atoms with Gasteiger partial charge >= 0.3 is 0 Å². The van der Waals surface area contributed by atoms with Gasteiger partial charge in [-0.15, -0.1) is 0 Å². The summed E-state index contributed by atoms with van der Waals surface area (Å²) in [5.41, 5.74) is 2.36. The summed E-state index contributed by atoms with van der Waals surface area (Å²) in [7, 11) is 6.37. The number of hydrogen-bond acceptors (Lipinski definition) is 0. The van der Waals surface area contributed by atoms with Crippen molar-refractivity contribution in [2.45, 2.75) is 26.2 Å². The lowest BCUT2D eigenvalue weighted by atomic mass is 9.75. The van der Waals surface area contributed by atoms with Crippen molar-refractivity contribution in [2.24, 2.45) is 0 Å². The van der Waals surface area contributed by atoms with E-state index in [1.165, 1.54) is 16.3 Å². The zero-order valence-electron chi connectivity index (χ0n) is 11.7. The summed E-state index contributed by atoms with van der Waals surface area (Å²) in [5, 5.41) is 4.86.